The predicted molar refractivity (Wildman–Crippen MR) is 59.4 cm³/mol. The third-order valence-electron chi connectivity index (χ3n) is 3.04. The molecule has 0 atom stereocenters. The molecule has 0 unspecified atom stereocenters. The average molecular weight is 239 g/mol. The van der Waals surface area contributed by atoms with E-state index in [1.54, 1.807) is 12.1 Å². The molecule has 0 aromatic heterocycles. The number of aliphatic carboxylic acids is 1. The van der Waals surface area contributed by atoms with Gasteiger partial charge in [0.15, 0.2) is 0 Å². The third-order valence-corrected chi connectivity index (χ3v) is 3.04. The minimum Gasteiger partial charge on any atom is -0.497 e. The largest absolute Gasteiger partial charge is 0.497 e. The molecule has 2 rings (SSSR count). The first-order valence-corrected chi connectivity index (χ1v) is 5.38. The Hall–Kier alpha value is -1.62. The minimum absolute atomic E-state index is 0.210. The van der Waals surface area contributed by atoms with Gasteiger partial charge in [-0.15, -0.1) is 0 Å². The zero-order valence-corrected chi connectivity index (χ0v) is 9.50. The molecule has 0 aliphatic heterocycles. The van der Waals surface area contributed by atoms with Crippen LogP contribution in [0.4, 0.5) is 4.39 Å². The molecule has 17 heavy (non-hydrogen) atoms. The third kappa shape index (κ3) is 2.39. The summed E-state index contributed by atoms with van der Waals surface area (Å²) in [5.74, 6) is -0.810. The Morgan fingerprint density at radius 1 is 1.59 bits per heavy atom. The molecule has 1 aliphatic rings. The number of hydrogen-bond donors (Lipinski definition) is 2. The Labute approximate surface area is 98.4 Å². The first-order valence-electron chi connectivity index (χ1n) is 5.38. The maximum absolute atomic E-state index is 13.6. The van der Waals surface area contributed by atoms with E-state index in [-0.39, 0.29) is 6.54 Å². The lowest BCUT2D eigenvalue weighted by Crippen LogP contribution is -2.38. The normalized spacial score (nSPS) is 16.6. The molecule has 4 nitrogen and oxygen atoms in total. The Morgan fingerprint density at radius 2 is 2.29 bits per heavy atom. The van der Waals surface area contributed by atoms with Crippen molar-refractivity contribution in [2.75, 3.05) is 7.11 Å². The number of methoxy groups -OCH3 is 1. The smallest absolute Gasteiger partial charge is 0.323 e. The molecule has 0 amide bonds. The Balaban J connectivity index is 2.02. The van der Waals surface area contributed by atoms with Crippen molar-refractivity contribution in [3.63, 3.8) is 0 Å². The quantitative estimate of drug-likeness (QED) is 0.818. The van der Waals surface area contributed by atoms with Crippen molar-refractivity contribution >= 4 is 5.97 Å². The Kier molecular flexibility index (Phi) is 3.02. The van der Waals surface area contributed by atoms with Crippen molar-refractivity contribution in [1.29, 1.82) is 0 Å². The van der Waals surface area contributed by atoms with Crippen molar-refractivity contribution < 1.29 is 19.0 Å². The van der Waals surface area contributed by atoms with Gasteiger partial charge in [0.1, 0.15) is 17.1 Å². The summed E-state index contributed by atoms with van der Waals surface area (Å²) in [6.07, 6.45) is 1.19. The van der Waals surface area contributed by atoms with Crippen LogP contribution in [-0.4, -0.2) is 23.7 Å². The minimum atomic E-state index is -0.869. The number of rotatable bonds is 5. The molecule has 2 N–H and O–H groups in total. The lowest BCUT2D eigenvalue weighted by Gasteiger charge is -2.13. The summed E-state index contributed by atoms with van der Waals surface area (Å²) in [6.45, 7) is 0.210. The average Bonchev–Trinajstić information content (AvgIpc) is 3.08. The van der Waals surface area contributed by atoms with Gasteiger partial charge < -0.3 is 9.84 Å². The fourth-order valence-corrected chi connectivity index (χ4v) is 1.65. The zero-order valence-electron chi connectivity index (χ0n) is 9.50. The van der Waals surface area contributed by atoms with Gasteiger partial charge in [-0.2, -0.15) is 0 Å². The van der Waals surface area contributed by atoms with E-state index in [9.17, 15) is 9.18 Å². The van der Waals surface area contributed by atoms with Crippen molar-refractivity contribution in [1.82, 2.24) is 5.32 Å². The van der Waals surface area contributed by atoms with E-state index >= 15 is 0 Å². The molecule has 1 aliphatic carbocycles. The van der Waals surface area contributed by atoms with E-state index in [0.29, 0.717) is 24.2 Å². The van der Waals surface area contributed by atoms with Crippen LogP contribution in [0.2, 0.25) is 0 Å². The molecular formula is C12H14FNO3. The van der Waals surface area contributed by atoms with E-state index in [2.05, 4.69) is 5.32 Å². The summed E-state index contributed by atoms with van der Waals surface area (Å²) in [7, 11) is 1.47. The number of carboxylic acid groups (broad SMARTS) is 1. The fourth-order valence-electron chi connectivity index (χ4n) is 1.65. The number of carboxylic acids is 1. The van der Waals surface area contributed by atoms with Crippen molar-refractivity contribution in [3.05, 3.63) is 29.6 Å². The maximum Gasteiger partial charge on any atom is 0.323 e. The van der Waals surface area contributed by atoms with E-state index in [4.69, 9.17) is 9.84 Å². The molecule has 1 aromatic carbocycles. The van der Waals surface area contributed by atoms with Crippen LogP contribution in [-0.2, 0) is 11.3 Å². The second-order valence-electron chi connectivity index (χ2n) is 4.20. The molecule has 1 saturated carbocycles. The highest BCUT2D eigenvalue weighted by atomic mass is 19.1. The first-order chi connectivity index (χ1) is 8.07. The van der Waals surface area contributed by atoms with Gasteiger partial charge in [0, 0.05) is 18.2 Å². The SMILES string of the molecule is COc1ccc(CNC2(C(=O)O)CC2)c(F)c1. The van der Waals surface area contributed by atoms with E-state index in [1.807, 2.05) is 0 Å². The van der Waals surface area contributed by atoms with E-state index < -0.39 is 17.3 Å². The molecule has 5 heteroatoms. The van der Waals surface area contributed by atoms with Gasteiger partial charge in [0.25, 0.3) is 0 Å². The van der Waals surface area contributed by atoms with Crippen molar-refractivity contribution in [2.45, 2.75) is 24.9 Å². The van der Waals surface area contributed by atoms with Crippen LogP contribution in [0, 0.1) is 5.82 Å². The summed E-state index contributed by atoms with van der Waals surface area (Å²) < 4.78 is 18.5. The fraction of sp³-hybridized carbons (Fsp3) is 0.417. The summed E-state index contributed by atoms with van der Waals surface area (Å²) in [4.78, 5) is 10.9. The highest BCUT2D eigenvalue weighted by Crippen LogP contribution is 2.35. The highest BCUT2D eigenvalue weighted by molar-refractivity contribution is 5.82. The molecule has 0 bridgehead atoms. The standard InChI is InChI=1S/C12H14FNO3/c1-17-9-3-2-8(10(13)6-9)7-14-12(4-5-12)11(15)16/h2-3,6,14H,4-5,7H2,1H3,(H,15,16). The zero-order chi connectivity index (χ0) is 12.5. The molecule has 0 radical (unpaired) electrons. The molecule has 92 valence electrons. The molecule has 0 heterocycles. The number of benzene rings is 1. The number of halogens is 1. The maximum atomic E-state index is 13.6. The second-order valence-corrected chi connectivity index (χ2v) is 4.20. The predicted octanol–water partition coefficient (Wildman–Crippen LogP) is 1.54. The summed E-state index contributed by atoms with van der Waals surface area (Å²) in [6, 6.07) is 4.54. The number of nitrogens with one attached hydrogen (secondary N) is 1. The lowest BCUT2D eigenvalue weighted by molar-refractivity contribution is -0.140. The van der Waals surface area contributed by atoms with Gasteiger partial charge in [-0.05, 0) is 18.9 Å². The van der Waals surface area contributed by atoms with Crippen LogP contribution in [0.25, 0.3) is 0 Å². The lowest BCUT2D eigenvalue weighted by atomic mass is 10.1. The van der Waals surface area contributed by atoms with Gasteiger partial charge in [0.05, 0.1) is 7.11 Å². The molecule has 0 saturated heterocycles. The van der Waals surface area contributed by atoms with Gasteiger partial charge in [-0.1, -0.05) is 6.07 Å². The Morgan fingerprint density at radius 3 is 2.76 bits per heavy atom. The number of carbonyl (C=O) groups is 1. The Bertz CT molecular complexity index is 443. The van der Waals surface area contributed by atoms with E-state index in [0.717, 1.165) is 0 Å². The van der Waals surface area contributed by atoms with Crippen LogP contribution >= 0.6 is 0 Å². The van der Waals surface area contributed by atoms with Crippen molar-refractivity contribution in [3.8, 4) is 5.75 Å². The van der Waals surface area contributed by atoms with Crippen LogP contribution in [0.3, 0.4) is 0 Å². The molecular weight excluding hydrogens is 225 g/mol. The monoisotopic (exact) mass is 239 g/mol. The van der Waals surface area contributed by atoms with E-state index in [1.165, 1.54) is 13.2 Å². The topological polar surface area (TPSA) is 58.6 Å². The highest BCUT2D eigenvalue weighted by Gasteiger charge is 2.49. The second kappa shape index (κ2) is 4.33. The van der Waals surface area contributed by atoms with Gasteiger partial charge in [-0.3, -0.25) is 10.1 Å². The summed E-state index contributed by atoms with van der Waals surface area (Å²) in [5.41, 5.74) is -0.398. The molecule has 1 fully saturated rings. The van der Waals surface area contributed by atoms with Crippen LogP contribution in [0.1, 0.15) is 18.4 Å². The number of ether oxygens (including phenoxy) is 1. The summed E-state index contributed by atoms with van der Waals surface area (Å²) >= 11 is 0. The molecule has 0 spiro atoms. The van der Waals surface area contributed by atoms with Gasteiger partial charge in [-0.25, -0.2) is 4.39 Å². The van der Waals surface area contributed by atoms with Crippen LogP contribution in [0.15, 0.2) is 18.2 Å². The van der Waals surface area contributed by atoms with Crippen LogP contribution < -0.4 is 10.1 Å². The summed E-state index contributed by atoms with van der Waals surface area (Å²) in [5, 5.41) is 11.8. The van der Waals surface area contributed by atoms with Gasteiger partial charge >= 0.3 is 5.97 Å². The molecule has 1 aromatic rings. The van der Waals surface area contributed by atoms with Crippen LogP contribution in [0.5, 0.6) is 5.75 Å². The van der Waals surface area contributed by atoms with Gasteiger partial charge in [0.2, 0.25) is 0 Å². The number of hydrogen-bond acceptors (Lipinski definition) is 3. The first kappa shape index (κ1) is 11.9. The van der Waals surface area contributed by atoms with Crippen molar-refractivity contribution in [2.24, 2.45) is 0 Å².